The van der Waals surface area contributed by atoms with Crippen LogP contribution in [0.2, 0.25) is 0 Å². The molecule has 1 amide bonds. The summed E-state index contributed by atoms with van der Waals surface area (Å²) >= 11 is 1.23. The summed E-state index contributed by atoms with van der Waals surface area (Å²) in [5, 5.41) is 7.78. The zero-order valence-corrected chi connectivity index (χ0v) is 20.1. The summed E-state index contributed by atoms with van der Waals surface area (Å²) in [6, 6.07) is 14.1. The van der Waals surface area contributed by atoms with Gasteiger partial charge in [-0.15, -0.1) is 0 Å². The predicted molar refractivity (Wildman–Crippen MR) is 129 cm³/mol. The Morgan fingerprint density at radius 1 is 1.00 bits per heavy atom. The Morgan fingerprint density at radius 3 is 2.18 bits per heavy atom. The smallest absolute Gasteiger partial charge is 0.271 e. The van der Waals surface area contributed by atoms with E-state index < -0.39 is 0 Å². The summed E-state index contributed by atoms with van der Waals surface area (Å²) < 4.78 is 17.3. The molecule has 1 aromatic heterocycles. The average molecular weight is 470 g/mol. The SMILES string of the molecule is COc1cc(NC(=O)CSc2ccc(=O)n(-c3ccc(C(C)C)cc3)n2)cc(OC)c1OC. The second-order valence-electron chi connectivity index (χ2n) is 7.42. The average Bonchev–Trinajstić information content (AvgIpc) is 2.82. The lowest BCUT2D eigenvalue weighted by Gasteiger charge is -2.14. The van der Waals surface area contributed by atoms with Crippen LogP contribution in [0.1, 0.15) is 25.3 Å². The molecule has 0 spiro atoms. The van der Waals surface area contributed by atoms with Crippen molar-refractivity contribution in [1.29, 1.82) is 0 Å². The van der Waals surface area contributed by atoms with Crippen LogP contribution in [0.5, 0.6) is 17.2 Å². The third-order valence-corrected chi connectivity index (χ3v) is 5.80. The van der Waals surface area contributed by atoms with E-state index in [1.165, 1.54) is 49.4 Å². The van der Waals surface area contributed by atoms with Gasteiger partial charge in [0, 0.05) is 23.9 Å². The van der Waals surface area contributed by atoms with Gasteiger partial charge in [-0.3, -0.25) is 9.59 Å². The van der Waals surface area contributed by atoms with E-state index in [4.69, 9.17) is 14.2 Å². The van der Waals surface area contributed by atoms with Gasteiger partial charge >= 0.3 is 0 Å². The molecular formula is C24H27N3O5S. The Bertz CT molecular complexity index is 1150. The van der Waals surface area contributed by atoms with Crippen LogP contribution in [0.25, 0.3) is 5.69 Å². The zero-order chi connectivity index (χ0) is 24.0. The molecule has 0 unspecified atom stereocenters. The van der Waals surface area contributed by atoms with Crippen LogP contribution in [0.3, 0.4) is 0 Å². The van der Waals surface area contributed by atoms with Crippen molar-refractivity contribution in [1.82, 2.24) is 9.78 Å². The quantitative estimate of drug-likeness (QED) is 0.472. The first-order chi connectivity index (χ1) is 15.9. The highest BCUT2D eigenvalue weighted by molar-refractivity contribution is 7.99. The second-order valence-corrected chi connectivity index (χ2v) is 8.41. The fourth-order valence-electron chi connectivity index (χ4n) is 3.15. The van der Waals surface area contributed by atoms with Crippen molar-refractivity contribution in [2.45, 2.75) is 24.8 Å². The lowest BCUT2D eigenvalue weighted by molar-refractivity contribution is -0.113. The molecule has 174 valence electrons. The van der Waals surface area contributed by atoms with Crippen molar-refractivity contribution in [2.24, 2.45) is 0 Å². The highest BCUT2D eigenvalue weighted by Gasteiger charge is 2.15. The number of anilines is 1. The Morgan fingerprint density at radius 2 is 1.64 bits per heavy atom. The van der Waals surface area contributed by atoms with Crippen molar-refractivity contribution < 1.29 is 19.0 Å². The molecule has 1 heterocycles. The summed E-state index contributed by atoms with van der Waals surface area (Å²) in [6.45, 7) is 4.22. The number of rotatable bonds is 9. The Balaban J connectivity index is 1.71. The van der Waals surface area contributed by atoms with Gasteiger partial charge in [-0.05, 0) is 29.7 Å². The number of carbonyl (C=O) groups is 1. The number of nitrogens with one attached hydrogen (secondary N) is 1. The number of methoxy groups -OCH3 is 3. The van der Waals surface area contributed by atoms with Crippen molar-refractivity contribution in [3.63, 3.8) is 0 Å². The number of amides is 1. The minimum Gasteiger partial charge on any atom is -0.493 e. The molecule has 0 atom stereocenters. The van der Waals surface area contributed by atoms with E-state index >= 15 is 0 Å². The van der Waals surface area contributed by atoms with E-state index in [2.05, 4.69) is 24.3 Å². The highest BCUT2D eigenvalue weighted by Crippen LogP contribution is 2.40. The largest absolute Gasteiger partial charge is 0.493 e. The van der Waals surface area contributed by atoms with Gasteiger partial charge in [-0.1, -0.05) is 37.7 Å². The number of hydrogen-bond donors (Lipinski definition) is 1. The van der Waals surface area contributed by atoms with Gasteiger partial charge in [0.05, 0.1) is 32.8 Å². The van der Waals surface area contributed by atoms with Crippen LogP contribution in [-0.2, 0) is 4.79 Å². The molecule has 0 aliphatic carbocycles. The number of ether oxygens (including phenoxy) is 3. The molecule has 0 saturated carbocycles. The van der Waals surface area contributed by atoms with E-state index in [-0.39, 0.29) is 17.2 Å². The van der Waals surface area contributed by atoms with Crippen molar-refractivity contribution in [3.8, 4) is 22.9 Å². The van der Waals surface area contributed by atoms with Crippen LogP contribution in [0.4, 0.5) is 5.69 Å². The molecule has 0 aliphatic heterocycles. The number of benzene rings is 2. The summed E-state index contributed by atoms with van der Waals surface area (Å²) in [6.07, 6.45) is 0. The maximum Gasteiger partial charge on any atom is 0.271 e. The molecule has 2 aromatic carbocycles. The van der Waals surface area contributed by atoms with Gasteiger partial charge in [0.1, 0.15) is 5.03 Å². The van der Waals surface area contributed by atoms with Crippen LogP contribution in [-0.4, -0.2) is 42.8 Å². The predicted octanol–water partition coefficient (Wildman–Crippen LogP) is 4.11. The number of nitrogens with zero attached hydrogens (tertiary/aromatic N) is 2. The van der Waals surface area contributed by atoms with Gasteiger partial charge in [0.15, 0.2) is 11.5 Å². The van der Waals surface area contributed by atoms with E-state index in [0.717, 1.165) is 0 Å². The minimum absolute atomic E-state index is 0.105. The van der Waals surface area contributed by atoms with Crippen LogP contribution < -0.4 is 25.1 Å². The van der Waals surface area contributed by atoms with Gasteiger partial charge < -0.3 is 19.5 Å². The topological polar surface area (TPSA) is 91.7 Å². The molecule has 0 saturated heterocycles. The molecule has 3 rings (SSSR count). The monoisotopic (exact) mass is 469 g/mol. The normalized spacial score (nSPS) is 10.7. The van der Waals surface area contributed by atoms with Gasteiger partial charge in [0.25, 0.3) is 5.56 Å². The molecular weight excluding hydrogens is 442 g/mol. The maximum absolute atomic E-state index is 12.5. The van der Waals surface area contributed by atoms with E-state index in [1.807, 2.05) is 24.3 Å². The molecule has 0 aliphatic rings. The molecule has 33 heavy (non-hydrogen) atoms. The summed E-state index contributed by atoms with van der Waals surface area (Å²) in [4.78, 5) is 24.8. The fourth-order valence-corrected chi connectivity index (χ4v) is 3.80. The summed E-state index contributed by atoms with van der Waals surface area (Å²) in [7, 11) is 4.53. The first kappa shape index (κ1) is 24.2. The van der Waals surface area contributed by atoms with Gasteiger partial charge in [-0.2, -0.15) is 9.78 Å². The molecule has 0 bridgehead atoms. The summed E-state index contributed by atoms with van der Waals surface area (Å²) in [5.41, 5.74) is 2.13. The maximum atomic E-state index is 12.5. The van der Waals surface area contributed by atoms with E-state index in [9.17, 15) is 9.59 Å². The molecule has 8 nitrogen and oxygen atoms in total. The zero-order valence-electron chi connectivity index (χ0n) is 19.2. The van der Waals surface area contributed by atoms with Gasteiger partial charge in [0.2, 0.25) is 11.7 Å². The van der Waals surface area contributed by atoms with E-state index in [1.54, 1.807) is 18.2 Å². The number of carbonyl (C=O) groups excluding carboxylic acids is 1. The first-order valence-electron chi connectivity index (χ1n) is 10.3. The first-order valence-corrected chi connectivity index (χ1v) is 11.3. The number of aromatic nitrogens is 2. The highest BCUT2D eigenvalue weighted by atomic mass is 32.2. The molecule has 3 aromatic rings. The lowest BCUT2D eigenvalue weighted by atomic mass is 10.0. The molecule has 0 fully saturated rings. The molecule has 0 radical (unpaired) electrons. The van der Waals surface area contributed by atoms with Crippen molar-refractivity contribution >= 4 is 23.4 Å². The van der Waals surface area contributed by atoms with Crippen molar-refractivity contribution in [2.75, 3.05) is 32.4 Å². The second kappa shape index (κ2) is 10.9. The van der Waals surface area contributed by atoms with Crippen molar-refractivity contribution in [3.05, 3.63) is 64.4 Å². The van der Waals surface area contributed by atoms with E-state index in [0.29, 0.717) is 39.6 Å². The third kappa shape index (κ3) is 5.87. The van der Waals surface area contributed by atoms with Crippen LogP contribution in [0.15, 0.2) is 58.4 Å². The summed E-state index contributed by atoms with van der Waals surface area (Å²) in [5.74, 6) is 1.59. The lowest BCUT2D eigenvalue weighted by Crippen LogP contribution is -2.21. The van der Waals surface area contributed by atoms with Gasteiger partial charge in [-0.25, -0.2) is 0 Å². The number of hydrogen-bond acceptors (Lipinski definition) is 7. The number of thioether (sulfide) groups is 1. The Labute approximate surface area is 196 Å². The Hall–Kier alpha value is -3.46. The Kier molecular flexibility index (Phi) is 8.00. The fraction of sp³-hybridized carbons (Fsp3) is 0.292. The minimum atomic E-state index is -0.241. The third-order valence-electron chi connectivity index (χ3n) is 4.88. The van der Waals surface area contributed by atoms with Crippen LogP contribution >= 0.6 is 11.8 Å². The van der Waals surface area contributed by atoms with Crippen LogP contribution in [0, 0.1) is 0 Å². The standard InChI is InChI=1S/C24H27N3O5S/c1-15(2)16-6-8-18(9-7-16)27-23(29)11-10-22(26-27)33-14-21(28)25-17-12-19(30-3)24(32-5)20(13-17)31-4/h6-13,15H,14H2,1-5H3,(H,25,28). The molecule has 9 heteroatoms. The molecule has 1 N–H and O–H groups in total.